The first-order valence-corrected chi connectivity index (χ1v) is 6.99. The number of nitrogens with zero attached hydrogens (tertiary/aromatic N) is 1. The molecule has 20 heavy (non-hydrogen) atoms. The smallest absolute Gasteiger partial charge is 0.131 e. The highest BCUT2D eigenvalue weighted by Gasteiger charge is 2.09. The molecule has 104 valence electrons. The average Bonchev–Trinajstić information content (AvgIpc) is 2.41. The molecule has 0 fully saturated rings. The molecule has 0 radical (unpaired) electrons. The molecule has 0 spiro atoms. The number of hydrogen-bond donors (Lipinski definition) is 1. The first-order valence-electron chi connectivity index (χ1n) is 6.99. The van der Waals surface area contributed by atoms with Crippen molar-refractivity contribution in [3.8, 4) is 0 Å². The third-order valence-corrected chi connectivity index (χ3v) is 3.47. The Kier molecular flexibility index (Phi) is 4.23. The van der Waals surface area contributed by atoms with E-state index in [4.69, 9.17) is 5.73 Å². The van der Waals surface area contributed by atoms with Crippen LogP contribution in [0.25, 0.3) is 0 Å². The Labute approximate surface area is 121 Å². The predicted octanol–water partition coefficient (Wildman–Crippen LogP) is 4.46. The van der Waals surface area contributed by atoms with Crippen LogP contribution in [0.15, 0.2) is 47.5 Å². The molecule has 2 aromatic rings. The molecule has 0 saturated heterocycles. The van der Waals surface area contributed by atoms with Gasteiger partial charge in [0.05, 0.1) is 5.69 Å². The molecule has 2 heteroatoms. The van der Waals surface area contributed by atoms with E-state index in [1.165, 1.54) is 11.1 Å². The molecule has 0 amide bonds. The van der Waals surface area contributed by atoms with E-state index < -0.39 is 0 Å². The fraction of sp³-hybridized carbons (Fsp3) is 0.278. The molecule has 2 nitrogen and oxygen atoms in total. The zero-order valence-electron chi connectivity index (χ0n) is 12.6. The van der Waals surface area contributed by atoms with Gasteiger partial charge in [-0.1, -0.05) is 61.9 Å². The Bertz CT molecular complexity index is 622. The summed E-state index contributed by atoms with van der Waals surface area (Å²) in [6.07, 6.45) is 0. The van der Waals surface area contributed by atoms with Gasteiger partial charge in [0.1, 0.15) is 5.84 Å². The zero-order chi connectivity index (χ0) is 14.7. The van der Waals surface area contributed by atoms with E-state index >= 15 is 0 Å². The topological polar surface area (TPSA) is 38.4 Å². The molecule has 0 aliphatic heterocycles. The molecular formula is C18H22N2. The Hall–Kier alpha value is -2.09. The minimum atomic E-state index is 0.430. The second-order valence-corrected chi connectivity index (χ2v) is 5.53. The van der Waals surface area contributed by atoms with Gasteiger partial charge in [-0.05, 0) is 30.9 Å². The molecule has 0 heterocycles. The summed E-state index contributed by atoms with van der Waals surface area (Å²) in [6, 6.07) is 14.4. The summed E-state index contributed by atoms with van der Waals surface area (Å²) >= 11 is 0. The first-order chi connectivity index (χ1) is 9.49. The normalized spacial score (nSPS) is 11.9. The molecule has 2 aromatic carbocycles. The Morgan fingerprint density at radius 3 is 2.25 bits per heavy atom. The van der Waals surface area contributed by atoms with Crippen molar-refractivity contribution in [1.29, 1.82) is 0 Å². The van der Waals surface area contributed by atoms with Crippen LogP contribution < -0.4 is 5.73 Å². The second-order valence-electron chi connectivity index (χ2n) is 5.53. The third kappa shape index (κ3) is 3.08. The number of benzene rings is 2. The van der Waals surface area contributed by atoms with Gasteiger partial charge in [-0.15, -0.1) is 0 Å². The average molecular weight is 266 g/mol. The van der Waals surface area contributed by atoms with E-state index in [2.05, 4.69) is 63.0 Å². The lowest BCUT2D eigenvalue weighted by Gasteiger charge is -2.12. The number of amidine groups is 1. The van der Waals surface area contributed by atoms with Crippen LogP contribution in [-0.2, 0) is 0 Å². The molecule has 2 rings (SSSR count). The highest BCUT2D eigenvalue weighted by Crippen LogP contribution is 2.30. The summed E-state index contributed by atoms with van der Waals surface area (Å²) in [5, 5.41) is 0. The van der Waals surface area contributed by atoms with Crippen LogP contribution in [0, 0.1) is 13.8 Å². The zero-order valence-corrected chi connectivity index (χ0v) is 12.6. The Morgan fingerprint density at radius 2 is 1.65 bits per heavy atom. The van der Waals surface area contributed by atoms with Gasteiger partial charge in [-0.25, -0.2) is 4.99 Å². The van der Waals surface area contributed by atoms with Crippen LogP contribution in [0.1, 0.15) is 42.0 Å². The van der Waals surface area contributed by atoms with Crippen LogP contribution in [0.3, 0.4) is 0 Å². The summed E-state index contributed by atoms with van der Waals surface area (Å²) in [5.41, 5.74) is 11.7. The van der Waals surface area contributed by atoms with E-state index in [0.29, 0.717) is 11.8 Å². The van der Waals surface area contributed by atoms with E-state index in [-0.39, 0.29) is 0 Å². The van der Waals surface area contributed by atoms with E-state index in [1.807, 2.05) is 12.1 Å². The molecule has 0 aliphatic carbocycles. The van der Waals surface area contributed by atoms with E-state index in [1.54, 1.807) is 0 Å². The lowest BCUT2D eigenvalue weighted by molar-refractivity contribution is 0.865. The largest absolute Gasteiger partial charge is 0.383 e. The maximum Gasteiger partial charge on any atom is 0.131 e. The fourth-order valence-corrected chi connectivity index (χ4v) is 2.21. The van der Waals surface area contributed by atoms with Crippen LogP contribution in [0.4, 0.5) is 5.69 Å². The second kappa shape index (κ2) is 5.91. The molecular weight excluding hydrogens is 244 g/mol. The van der Waals surface area contributed by atoms with Crippen molar-refractivity contribution in [2.45, 2.75) is 33.6 Å². The number of aryl methyl sites for hydroxylation is 2. The van der Waals surface area contributed by atoms with Crippen molar-refractivity contribution < 1.29 is 0 Å². The number of rotatable bonds is 3. The van der Waals surface area contributed by atoms with Crippen molar-refractivity contribution in [2.75, 3.05) is 0 Å². The summed E-state index contributed by atoms with van der Waals surface area (Å²) in [7, 11) is 0. The summed E-state index contributed by atoms with van der Waals surface area (Å²) in [6.45, 7) is 8.49. The minimum absolute atomic E-state index is 0.430. The van der Waals surface area contributed by atoms with Gasteiger partial charge in [0.25, 0.3) is 0 Å². The molecule has 0 aliphatic rings. The quantitative estimate of drug-likeness (QED) is 0.646. The lowest BCUT2D eigenvalue weighted by atomic mass is 9.98. The Morgan fingerprint density at radius 1 is 1.00 bits per heavy atom. The number of nitrogens with two attached hydrogens (primary N) is 1. The molecule has 0 atom stereocenters. The number of para-hydroxylation sites is 1. The predicted molar refractivity (Wildman–Crippen MR) is 86.8 cm³/mol. The van der Waals surface area contributed by atoms with Gasteiger partial charge < -0.3 is 5.73 Å². The molecule has 0 aromatic heterocycles. The monoisotopic (exact) mass is 266 g/mol. The van der Waals surface area contributed by atoms with Crippen molar-refractivity contribution >= 4 is 11.5 Å². The molecule has 0 unspecified atom stereocenters. The van der Waals surface area contributed by atoms with Crippen molar-refractivity contribution in [3.63, 3.8) is 0 Å². The standard InChI is InChI=1S/C18H22N2/c1-12(2)16-7-5-6-14(4)17(16)20-18(19)15-10-8-13(3)9-11-15/h5-12H,1-4H3,(H2,19,20). The highest BCUT2D eigenvalue weighted by atomic mass is 14.9. The van der Waals surface area contributed by atoms with Gasteiger partial charge >= 0.3 is 0 Å². The van der Waals surface area contributed by atoms with Gasteiger partial charge in [0.2, 0.25) is 0 Å². The van der Waals surface area contributed by atoms with Crippen molar-refractivity contribution in [1.82, 2.24) is 0 Å². The third-order valence-electron chi connectivity index (χ3n) is 3.47. The summed E-state index contributed by atoms with van der Waals surface area (Å²) in [5.74, 6) is 1.00. The van der Waals surface area contributed by atoms with Gasteiger partial charge in [0.15, 0.2) is 0 Å². The Balaban J connectivity index is 2.47. The number of hydrogen-bond acceptors (Lipinski definition) is 1. The highest BCUT2D eigenvalue weighted by molar-refractivity contribution is 5.99. The summed E-state index contributed by atoms with van der Waals surface area (Å²) in [4.78, 5) is 4.67. The fourth-order valence-electron chi connectivity index (χ4n) is 2.21. The summed E-state index contributed by atoms with van der Waals surface area (Å²) < 4.78 is 0. The molecule has 2 N–H and O–H groups in total. The molecule has 0 bridgehead atoms. The van der Waals surface area contributed by atoms with Crippen LogP contribution in [0.5, 0.6) is 0 Å². The van der Waals surface area contributed by atoms with Crippen LogP contribution in [0.2, 0.25) is 0 Å². The molecule has 0 saturated carbocycles. The van der Waals surface area contributed by atoms with E-state index in [0.717, 1.165) is 16.8 Å². The van der Waals surface area contributed by atoms with Crippen LogP contribution in [-0.4, -0.2) is 5.84 Å². The number of aliphatic imine (C=N–C) groups is 1. The van der Waals surface area contributed by atoms with Gasteiger partial charge in [0, 0.05) is 5.56 Å². The first kappa shape index (κ1) is 14.3. The lowest BCUT2D eigenvalue weighted by Crippen LogP contribution is -2.13. The van der Waals surface area contributed by atoms with Gasteiger partial charge in [-0.2, -0.15) is 0 Å². The SMILES string of the molecule is Cc1ccc(/C(N)=N\c2c(C)cccc2C(C)C)cc1. The van der Waals surface area contributed by atoms with Crippen molar-refractivity contribution in [2.24, 2.45) is 10.7 Å². The maximum absolute atomic E-state index is 6.17. The van der Waals surface area contributed by atoms with E-state index in [9.17, 15) is 0 Å². The minimum Gasteiger partial charge on any atom is -0.383 e. The maximum atomic E-state index is 6.17. The van der Waals surface area contributed by atoms with Gasteiger partial charge in [-0.3, -0.25) is 0 Å². The van der Waals surface area contributed by atoms with Crippen LogP contribution >= 0.6 is 0 Å². The van der Waals surface area contributed by atoms with Crippen molar-refractivity contribution in [3.05, 3.63) is 64.7 Å².